The summed E-state index contributed by atoms with van der Waals surface area (Å²) >= 11 is 1.84. The normalized spacial score (nSPS) is 11.8. The van der Waals surface area contributed by atoms with Crippen LogP contribution in [0, 0.1) is 20.8 Å². The molecule has 0 aliphatic carbocycles. The van der Waals surface area contributed by atoms with E-state index in [9.17, 15) is 9.60 Å². The molecule has 27 heavy (non-hydrogen) atoms. The van der Waals surface area contributed by atoms with Gasteiger partial charge in [0.2, 0.25) is 11.8 Å². The van der Waals surface area contributed by atoms with Crippen molar-refractivity contribution in [3.05, 3.63) is 33.3 Å². The zero-order valence-corrected chi connectivity index (χ0v) is 15.9. The summed E-state index contributed by atoms with van der Waals surface area (Å²) in [6.07, 6.45) is 2.25. The second-order valence-electron chi connectivity index (χ2n) is 4.92. The lowest BCUT2D eigenvalue weighted by Crippen LogP contribution is -2.27. The minimum atomic E-state index is -0.369. The lowest BCUT2D eigenvalue weighted by atomic mass is 10.3. The van der Waals surface area contributed by atoms with Crippen molar-refractivity contribution >= 4 is 45.9 Å². The molecule has 1 heterocycles. The molecule has 0 aliphatic rings. The summed E-state index contributed by atoms with van der Waals surface area (Å²) in [4.78, 5) is 8.11. The van der Waals surface area contributed by atoms with Gasteiger partial charge in [-0.25, -0.2) is 14.0 Å². The van der Waals surface area contributed by atoms with Crippen molar-refractivity contribution in [2.24, 2.45) is 15.7 Å². The maximum absolute atomic E-state index is 13.3. The van der Waals surface area contributed by atoms with E-state index in [4.69, 9.17) is 11.0 Å². The van der Waals surface area contributed by atoms with E-state index in [2.05, 4.69) is 35.6 Å². The average Bonchev–Trinajstić information content (AvgIpc) is 3.11. The van der Waals surface area contributed by atoms with Gasteiger partial charge in [-0.1, -0.05) is 0 Å². The predicted octanol–water partition coefficient (Wildman–Crippen LogP) is 1.06. The molecule has 0 spiro atoms. The Hall–Kier alpha value is -2.99. The Labute approximate surface area is 166 Å². The zero-order chi connectivity index (χ0) is 19.6. The lowest BCUT2D eigenvalue weighted by Gasteiger charge is -2.05. The molecule has 11 nitrogen and oxygen atoms in total. The summed E-state index contributed by atoms with van der Waals surface area (Å²) in [7, 11) is 0. The molecule has 0 atom stereocenters. The lowest BCUT2D eigenvalue weighted by molar-refractivity contribution is 0.234. The molecule has 1 aromatic carbocycles. The second kappa shape index (κ2) is 10.2. The van der Waals surface area contributed by atoms with E-state index in [0.717, 1.165) is 0 Å². The summed E-state index contributed by atoms with van der Waals surface area (Å²) in [5.74, 6) is -0.109. The summed E-state index contributed by atoms with van der Waals surface area (Å²) < 4.78 is 18.4. The Bertz CT molecular complexity index is 878. The molecule has 0 unspecified atom stereocenters. The molecule has 0 aliphatic heterocycles. The fourth-order valence-electron chi connectivity index (χ4n) is 1.86. The summed E-state index contributed by atoms with van der Waals surface area (Å²) in [6, 6.07) is 4.22. The molecule has 0 radical (unpaired) electrons. The van der Waals surface area contributed by atoms with Crippen LogP contribution in [0.5, 0.6) is 0 Å². The molecule has 1 aromatic heterocycles. The Morgan fingerprint density at radius 2 is 2.26 bits per heavy atom. The Morgan fingerprint density at radius 3 is 2.96 bits per heavy atom. The van der Waals surface area contributed by atoms with Gasteiger partial charge in [0.15, 0.2) is 17.7 Å². The standard InChI is InChI=1S/C14H15FIN9O2/c15-9-3-2-8(6-10(9)16)22-13(23-26)11-12(25-27-24-11)19-4-1-5-20-14(18)21-7-17/h2-3,6,26H,1,4-5H2,(H,19,25)(H,22,23)(H3,18,20,21). The highest BCUT2D eigenvalue weighted by Gasteiger charge is 2.16. The number of nitriles is 1. The molecule has 2 rings (SSSR count). The largest absolute Gasteiger partial charge is 0.369 e. The maximum Gasteiger partial charge on any atom is 0.202 e. The molecule has 0 bridgehead atoms. The number of nitrogens with zero attached hydrogens (tertiary/aromatic N) is 5. The van der Waals surface area contributed by atoms with Crippen molar-refractivity contribution < 1.29 is 14.2 Å². The van der Waals surface area contributed by atoms with Crippen LogP contribution < -0.4 is 21.8 Å². The molecule has 142 valence electrons. The van der Waals surface area contributed by atoms with Crippen LogP contribution >= 0.6 is 22.6 Å². The third kappa shape index (κ3) is 6.04. The van der Waals surface area contributed by atoms with Crippen molar-refractivity contribution in [3.63, 3.8) is 0 Å². The molecule has 6 N–H and O–H groups in total. The van der Waals surface area contributed by atoms with E-state index in [1.807, 2.05) is 28.1 Å². The molecule has 0 saturated heterocycles. The smallest absolute Gasteiger partial charge is 0.202 e. The summed E-state index contributed by atoms with van der Waals surface area (Å²) in [5.41, 5.74) is 7.90. The van der Waals surface area contributed by atoms with E-state index >= 15 is 0 Å². The van der Waals surface area contributed by atoms with Gasteiger partial charge in [0.1, 0.15) is 5.82 Å². The van der Waals surface area contributed by atoms with Gasteiger partial charge < -0.3 is 11.1 Å². The minimum Gasteiger partial charge on any atom is -0.369 e. The number of aromatic nitrogens is 2. The number of halogens is 2. The van der Waals surface area contributed by atoms with Gasteiger partial charge in [-0.3, -0.25) is 21.0 Å². The predicted molar refractivity (Wildman–Crippen MR) is 103 cm³/mol. The van der Waals surface area contributed by atoms with Crippen LogP contribution in [0.1, 0.15) is 12.1 Å². The molecular formula is C14H15FIN9O2. The van der Waals surface area contributed by atoms with Crippen LogP contribution in [0.3, 0.4) is 0 Å². The molecule has 0 saturated carbocycles. The number of hydrogen-bond acceptors (Lipinski definition) is 8. The highest BCUT2D eigenvalue weighted by Crippen LogP contribution is 2.20. The molecule has 13 heteroatoms. The SMILES string of the molecule is N#CNC(N)=NCCCNc1nonc1C(=Nc1ccc(F)c(I)c1)NO. The number of nitrogens with two attached hydrogens (primary N) is 1. The van der Waals surface area contributed by atoms with Gasteiger partial charge in [-0.05, 0) is 57.5 Å². The molecule has 2 aromatic rings. The number of hydroxylamine groups is 1. The third-order valence-electron chi connectivity index (χ3n) is 3.06. The fourth-order valence-corrected chi connectivity index (χ4v) is 2.36. The van der Waals surface area contributed by atoms with E-state index in [0.29, 0.717) is 28.8 Å². The third-order valence-corrected chi connectivity index (χ3v) is 3.88. The van der Waals surface area contributed by atoms with Gasteiger partial charge in [-0.15, -0.1) is 0 Å². The number of aliphatic imine (C=N–C) groups is 2. The average molecular weight is 487 g/mol. The van der Waals surface area contributed by atoms with Crippen molar-refractivity contribution in [2.75, 3.05) is 18.4 Å². The highest BCUT2D eigenvalue weighted by atomic mass is 127. The van der Waals surface area contributed by atoms with Crippen LogP contribution in [0.4, 0.5) is 15.9 Å². The van der Waals surface area contributed by atoms with E-state index in [1.165, 1.54) is 18.2 Å². The van der Waals surface area contributed by atoms with Gasteiger partial charge in [0.05, 0.1) is 9.26 Å². The number of hydrogen-bond donors (Lipinski definition) is 5. The van der Waals surface area contributed by atoms with Gasteiger partial charge in [0.25, 0.3) is 0 Å². The van der Waals surface area contributed by atoms with E-state index in [-0.39, 0.29) is 29.1 Å². The molecular weight excluding hydrogens is 472 g/mol. The van der Waals surface area contributed by atoms with E-state index < -0.39 is 0 Å². The van der Waals surface area contributed by atoms with Crippen molar-refractivity contribution in [1.29, 1.82) is 5.26 Å². The summed E-state index contributed by atoms with van der Waals surface area (Å²) in [5, 5.41) is 30.4. The topological polar surface area (TPSA) is 170 Å². The number of amidine groups is 1. The number of anilines is 1. The van der Waals surface area contributed by atoms with Crippen molar-refractivity contribution in [1.82, 2.24) is 21.1 Å². The number of rotatable bonds is 7. The van der Waals surface area contributed by atoms with Crippen molar-refractivity contribution in [2.45, 2.75) is 6.42 Å². The van der Waals surface area contributed by atoms with Crippen LogP contribution in [-0.2, 0) is 0 Å². The van der Waals surface area contributed by atoms with Gasteiger partial charge >= 0.3 is 0 Å². The maximum atomic E-state index is 13.3. The first-order valence-corrected chi connectivity index (χ1v) is 8.58. The quantitative estimate of drug-likeness (QED) is 0.0729. The number of benzene rings is 1. The Kier molecular flexibility index (Phi) is 7.70. The minimum absolute atomic E-state index is 0.0263. The first-order valence-electron chi connectivity index (χ1n) is 7.50. The molecule has 0 amide bonds. The van der Waals surface area contributed by atoms with Crippen LogP contribution in [0.25, 0.3) is 0 Å². The number of guanidine groups is 1. The van der Waals surface area contributed by atoms with Gasteiger partial charge in [-0.2, -0.15) is 5.26 Å². The molecule has 0 fully saturated rings. The second-order valence-corrected chi connectivity index (χ2v) is 6.08. The van der Waals surface area contributed by atoms with Crippen LogP contribution in [0.2, 0.25) is 0 Å². The van der Waals surface area contributed by atoms with Crippen LogP contribution in [-0.4, -0.2) is 40.4 Å². The van der Waals surface area contributed by atoms with Crippen molar-refractivity contribution in [3.8, 4) is 6.19 Å². The highest BCUT2D eigenvalue weighted by molar-refractivity contribution is 14.1. The Balaban J connectivity index is 2.03. The fraction of sp³-hybridized carbons (Fsp3) is 0.214. The van der Waals surface area contributed by atoms with Gasteiger partial charge in [0, 0.05) is 13.1 Å². The van der Waals surface area contributed by atoms with Crippen LogP contribution in [0.15, 0.2) is 32.8 Å². The first-order chi connectivity index (χ1) is 13.0. The summed E-state index contributed by atoms with van der Waals surface area (Å²) in [6.45, 7) is 0.818. The Morgan fingerprint density at radius 1 is 1.44 bits per heavy atom. The zero-order valence-electron chi connectivity index (χ0n) is 13.8. The first kappa shape index (κ1) is 20.3. The van der Waals surface area contributed by atoms with E-state index in [1.54, 1.807) is 6.19 Å². The monoisotopic (exact) mass is 487 g/mol. The number of nitrogens with one attached hydrogen (secondary N) is 3.